The van der Waals surface area contributed by atoms with Crippen LogP contribution in [0.2, 0.25) is 0 Å². The van der Waals surface area contributed by atoms with Gasteiger partial charge in [0.2, 0.25) is 5.91 Å². The summed E-state index contributed by atoms with van der Waals surface area (Å²) in [6.07, 6.45) is 0.935. The van der Waals surface area contributed by atoms with E-state index in [0.29, 0.717) is 19.1 Å². The Morgan fingerprint density at radius 2 is 2.14 bits per heavy atom. The summed E-state index contributed by atoms with van der Waals surface area (Å²) in [7, 11) is 5.10. The minimum Gasteiger partial charge on any atom is -0.383 e. The maximum atomic E-state index is 11.6. The van der Waals surface area contributed by atoms with E-state index in [4.69, 9.17) is 4.74 Å². The number of aliphatic imine (C=N–C) groups is 1. The van der Waals surface area contributed by atoms with Crippen LogP contribution in [-0.2, 0) is 16.0 Å². The summed E-state index contributed by atoms with van der Waals surface area (Å²) >= 11 is 1.74. The first-order valence-electron chi connectivity index (χ1n) is 6.87. The van der Waals surface area contributed by atoms with Crippen molar-refractivity contribution in [3.8, 4) is 0 Å². The Hall–Kier alpha value is -1.60. The van der Waals surface area contributed by atoms with Gasteiger partial charge in [0.15, 0.2) is 5.96 Å². The first-order valence-corrected chi connectivity index (χ1v) is 7.75. The maximum Gasteiger partial charge on any atom is 0.243 e. The largest absolute Gasteiger partial charge is 0.383 e. The number of carbonyl (C=O) groups excluding carboxylic acids is 1. The van der Waals surface area contributed by atoms with Crippen LogP contribution in [0, 0.1) is 0 Å². The van der Waals surface area contributed by atoms with Crippen molar-refractivity contribution in [2.45, 2.75) is 6.42 Å². The van der Waals surface area contributed by atoms with Crippen LogP contribution in [0.4, 0.5) is 0 Å². The van der Waals surface area contributed by atoms with Crippen LogP contribution in [-0.4, -0.2) is 64.2 Å². The lowest BCUT2D eigenvalue weighted by atomic mass is 10.3. The van der Waals surface area contributed by atoms with Crippen LogP contribution < -0.4 is 10.6 Å². The number of methoxy groups -OCH3 is 1. The van der Waals surface area contributed by atoms with Gasteiger partial charge in [0.1, 0.15) is 6.54 Å². The third kappa shape index (κ3) is 7.67. The molecular weight excluding hydrogens is 288 g/mol. The molecule has 21 heavy (non-hydrogen) atoms. The number of hydrogen-bond acceptors (Lipinski definition) is 4. The zero-order chi connectivity index (χ0) is 15.5. The van der Waals surface area contributed by atoms with E-state index in [0.717, 1.165) is 13.0 Å². The molecule has 0 aromatic carbocycles. The topological polar surface area (TPSA) is 66.0 Å². The molecule has 1 heterocycles. The van der Waals surface area contributed by atoms with Gasteiger partial charge in [-0.2, -0.15) is 0 Å². The number of hydrogen-bond donors (Lipinski definition) is 2. The average Bonchev–Trinajstić information content (AvgIpc) is 2.97. The third-order valence-electron chi connectivity index (χ3n) is 2.71. The normalized spacial score (nSPS) is 11.3. The van der Waals surface area contributed by atoms with Crippen molar-refractivity contribution < 1.29 is 9.53 Å². The highest BCUT2D eigenvalue weighted by Crippen LogP contribution is 2.07. The first kappa shape index (κ1) is 17.5. The highest BCUT2D eigenvalue weighted by atomic mass is 32.1. The molecule has 1 amide bonds. The van der Waals surface area contributed by atoms with Gasteiger partial charge in [-0.1, -0.05) is 6.07 Å². The fraction of sp³-hybridized carbons (Fsp3) is 0.571. The van der Waals surface area contributed by atoms with Gasteiger partial charge in [-0.15, -0.1) is 11.3 Å². The smallest absolute Gasteiger partial charge is 0.243 e. The van der Waals surface area contributed by atoms with Crippen LogP contribution in [0.15, 0.2) is 22.5 Å². The number of thiophene rings is 1. The monoisotopic (exact) mass is 312 g/mol. The van der Waals surface area contributed by atoms with Crippen molar-refractivity contribution in [2.75, 3.05) is 47.4 Å². The molecular formula is C14H24N4O2S. The van der Waals surface area contributed by atoms with Gasteiger partial charge in [0.05, 0.1) is 6.61 Å². The number of carbonyl (C=O) groups is 1. The standard InChI is InChI=1S/C14H24N4O2S/c1-18(2)13(19)11-17-14(16-8-9-20-3)15-7-6-12-5-4-10-21-12/h4-5,10H,6-9,11H2,1-3H3,(H2,15,16,17). The van der Waals surface area contributed by atoms with E-state index >= 15 is 0 Å². The Kier molecular flexibility index (Phi) is 8.45. The van der Waals surface area contributed by atoms with E-state index in [2.05, 4.69) is 27.1 Å². The Morgan fingerprint density at radius 3 is 2.76 bits per heavy atom. The highest BCUT2D eigenvalue weighted by Gasteiger charge is 2.04. The molecule has 6 nitrogen and oxygen atoms in total. The quantitative estimate of drug-likeness (QED) is 0.418. The molecule has 7 heteroatoms. The van der Waals surface area contributed by atoms with Gasteiger partial charge in [-0.05, 0) is 17.9 Å². The van der Waals surface area contributed by atoms with Crippen molar-refractivity contribution in [1.82, 2.24) is 15.5 Å². The summed E-state index contributed by atoms with van der Waals surface area (Å²) in [5.74, 6) is 0.611. The Bertz CT molecular complexity index is 432. The summed E-state index contributed by atoms with van der Waals surface area (Å²) < 4.78 is 5.00. The lowest BCUT2D eigenvalue weighted by molar-refractivity contribution is -0.127. The number of ether oxygens (including phenoxy) is 1. The molecule has 0 aliphatic heterocycles. The molecule has 0 spiro atoms. The van der Waals surface area contributed by atoms with E-state index < -0.39 is 0 Å². The van der Waals surface area contributed by atoms with Crippen molar-refractivity contribution in [2.24, 2.45) is 4.99 Å². The van der Waals surface area contributed by atoms with Crippen LogP contribution in [0.5, 0.6) is 0 Å². The molecule has 0 atom stereocenters. The SMILES string of the molecule is COCCNC(=NCC(=O)N(C)C)NCCc1cccs1. The molecule has 0 bridgehead atoms. The summed E-state index contributed by atoms with van der Waals surface area (Å²) in [4.78, 5) is 18.7. The van der Waals surface area contributed by atoms with Crippen molar-refractivity contribution in [3.63, 3.8) is 0 Å². The average molecular weight is 312 g/mol. The van der Waals surface area contributed by atoms with Gasteiger partial charge in [-0.25, -0.2) is 4.99 Å². The number of guanidine groups is 1. The number of nitrogens with one attached hydrogen (secondary N) is 2. The zero-order valence-electron chi connectivity index (χ0n) is 12.9. The van der Waals surface area contributed by atoms with Crippen LogP contribution in [0.25, 0.3) is 0 Å². The number of rotatable bonds is 8. The van der Waals surface area contributed by atoms with Gasteiger partial charge in [-0.3, -0.25) is 4.79 Å². The van der Waals surface area contributed by atoms with E-state index in [9.17, 15) is 4.79 Å². The zero-order valence-corrected chi connectivity index (χ0v) is 13.7. The van der Waals surface area contributed by atoms with Gasteiger partial charge < -0.3 is 20.3 Å². The second kappa shape index (κ2) is 10.2. The fourth-order valence-corrected chi connectivity index (χ4v) is 2.20. The number of likely N-dealkylation sites (N-methyl/N-ethyl adjacent to an activating group) is 1. The summed E-state index contributed by atoms with van der Waals surface area (Å²) in [5, 5.41) is 8.44. The first-order chi connectivity index (χ1) is 10.1. The van der Waals surface area contributed by atoms with Gasteiger partial charge >= 0.3 is 0 Å². The fourth-order valence-electron chi connectivity index (χ4n) is 1.49. The summed E-state index contributed by atoms with van der Waals surface area (Å²) in [6.45, 7) is 2.15. The molecule has 0 saturated heterocycles. The lowest BCUT2D eigenvalue weighted by Gasteiger charge is -2.13. The highest BCUT2D eigenvalue weighted by molar-refractivity contribution is 7.09. The minimum atomic E-state index is -0.0268. The van der Waals surface area contributed by atoms with Crippen LogP contribution in [0.1, 0.15) is 4.88 Å². The van der Waals surface area contributed by atoms with Gasteiger partial charge in [0, 0.05) is 39.2 Å². The third-order valence-corrected chi connectivity index (χ3v) is 3.65. The number of amides is 1. The minimum absolute atomic E-state index is 0.0268. The van der Waals surface area contributed by atoms with Crippen LogP contribution >= 0.6 is 11.3 Å². The second-order valence-corrected chi connectivity index (χ2v) is 5.66. The lowest BCUT2D eigenvalue weighted by Crippen LogP contribution is -2.40. The van der Waals surface area contributed by atoms with Gasteiger partial charge in [0.25, 0.3) is 0 Å². The second-order valence-electron chi connectivity index (χ2n) is 4.63. The molecule has 1 rings (SSSR count). The van der Waals surface area contributed by atoms with Crippen molar-refractivity contribution in [1.29, 1.82) is 0 Å². The molecule has 1 aromatic rings. The Morgan fingerprint density at radius 1 is 1.38 bits per heavy atom. The Balaban J connectivity index is 2.42. The summed E-state index contributed by atoms with van der Waals surface area (Å²) in [6, 6.07) is 4.15. The van der Waals surface area contributed by atoms with Crippen LogP contribution in [0.3, 0.4) is 0 Å². The summed E-state index contributed by atoms with van der Waals surface area (Å²) in [5.41, 5.74) is 0. The molecule has 1 aromatic heterocycles. The van der Waals surface area contributed by atoms with E-state index in [1.54, 1.807) is 32.5 Å². The molecule has 0 unspecified atom stereocenters. The molecule has 0 radical (unpaired) electrons. The molecule has 0 fully saturated rings. The molecule has 118 valence electrons. The van der Waals surface area contributed by atoms with E-state index in [1.807, 2.05) is 6.07 Å². The Labute approximate surface area is 130 Å². The predicted octanol–water partition coefficient (Wildman–Crippen LogP) is 0.560. The van der Waals surface area contributed by atoms with E-state index in [-0.39, 0.29) is 12.5 Å². The molecule has 0 saturated carbocycles. The molecule has 2 N–H and O–H groups in total. The predicted molar refractivity (Wildman–Crippen MR) is 86.9 cm³/mol. The molecule has 0 aliphatic carbocycles. The number of nitrogens with zero attached hydrogens (tertiary/aromatic N) is 2. The maximum absolute atomic E-state index is 11.6. The molecule has 0 aliphatic rings. The van der Waals surface area contributed by atoms with Crippen molar-refractivity contribution in [3.05, 3.63) is 22.4 Å². The van der Waals surface area contributed by atoms with E-state index in [1.165, 1.54) is 9.78 Å². The van der Waals surface area contributed by atoms with Crippen molar-refractivity contribution >= 4 is 23.2 Å².